The van der Waals surface area contributed by atoms with Gasteiger partial charge in [-0.3, -0.25) is 4.79 Å². The van der Waals surface area contributed by atoms with E-state index in [2.05, 4.69) is 22.7 Å². The minimum Gasteiger partial charge on any atom is -0.483 e. The Hall–Kier alpha value is -1.81. The molecular weight excluding hydrogens is 288 g/mol. The van der Waals surface area contributed by atoms with Gasteiger partial charge in [-0.15, -0.1) is 0 Å². The first kappa shape index (κ1) is 14.1. The minimum atomic E-state index is -0.244. The lowest BCUT2D eigenvalue weighted by Gasteiger charge is -2.31. The minimum absolute atomic E-state index is 0.0500. The molecule has 1 amide bonds. The molecule has 0 saturated heterocycles. The zero-order chi connectivity index (χ0) is 14.8. The number of rotatable bonds is 4. The first-order chi connectivity index (χ1) is 10.1. The third kappa shape index (κ3) is 3.10. The molecule has 1 fully saturated rings. The van der Waals surface area contributed by atoms with Crippen molar-refractivity contribution in [2.45, 2.75) is 19.8 Å². The molecule has 2 atom stereocenters. The summed E-state index contributed by atoms with van der Waals surface area (Å²) in [5.41, 5.74) is 4.56. The van der Waals surface area contributed by atoms with Crippen LogP contribution in [-0.4, -0.2) is 18.2 Å². The van der Waals surface area contributed by atoms with Gasteiger partial charge in [-0.05, 0) is 49.4 Å². The van der Waals surface area contributed by atoms with Crippen molar-refractivity contribution in [2.24, 2.45) is 16.9 Å². The van der Waals surface area contributed by atoms with Gasteiger partial charge in [-0.1, -0.05) is 23.8 Å². The first-order valence-corrected chi connectivity index (χ1v) is 7.42. The van der Waals surface area contributed by atoms with Gasteiger partial charge in [0.1, 0.15) is 5.75 Å². The molecule has 0 aliphatic heterocycles. The van der Waals surface area contributed by atoms with Gasteiger partial charge in [-0.25, -0.2) is 5.43 Å². The zero-order valence-electron chi connectivity index (χ0n) is 11.8. The fourth-order valence-electron chi connectivity index (χ4n) is 2.75. The number of halogens is 1. The van der Waals surface area contributed by atoms with Crippen molar-refractivity contribution < 1.29 is 9.53 Å². The number of hydrogen-bond donors (Lipinski definition) is 1. The van der Waals surface area contributed by atoms with E-state index in [4.69, 9.17) is 16.3 Å². The number of benzene rings is 1. The third-order valence-electron chi connectivity index (χ3n) is 3.98. The van der Waals surface area contributed by atoms with Gasteiger partial charge < -0.3 is 4.74 Å². The Balaban J connectivity index is 1.47. The van der Waals surface area contributed by atoms with Crippen LogP contribution in [0.25, 0.3) is 0 Å². The molecule has 1 aromatic rings. The lowest BCUT2D eigenvalue weighted by Crippen LogP contribution is -2.36. The van der Waals surface area contributed by atoms with Gasteiger partial charge in [0, 0.05) is 16.7 Å². The summed E-state index contributed by atoms with van der Waals surface area (Å²) in [5, 5.41) is 4.85. The predicted octanol–water partition coefficient (Wildman–Crippen LogP) is 3.10. The molecule has 0 aromatic heterocycles. The molecule has 1 aromatic carbocycles. The average Bonchev–Trinajstić information content (AvgIpc) is 2.79. The molecule has 2 aliphatic rings. The van der Waals surface area contributed by atoms with E-state index >= 15 is 0 Å². The quantitative estimate of drug-likeness (QED) is 0.686. The number of fused-ring (bicyclic) bond motifs is 1. The van der Waals surface area contributed by atoms with Crippen molar-refractivity contribution in [3.05, 3.63) is 40.9 Å². The summed E-state index contributed by atoms with van der Waals surface area (Å²) in [5.74, 6) is 1.55. The van der Waals surface area contributed by atoms with Crippen LogP contribution in [0.4, 0.5) is 0 Å². The molecular formula is C16H17ClN2O2. The molecule has 4 nitrogen and oxygen atoms in total. The van der Waals surface area contributed by atoms with Crippen LogP contribution in [-0.2, 0) is 4.79 Å². The van der Waals surface area contributed by atoms with Crippen LogP contribution in [0, 0.1) is 18.8 Å². The van der Waals surface area contributed by atoms with E-state index in [0.717, 1.165) is 24.1 Å². The molecule has 0 bridgehead atoms. The third-order valence-corrected chi connectivity index (χ3v) is 4.22. The highest BCUT2D eigenvalue weighted by Gasteiger charge is 2.37. The van der Waals surface area contributed by atoms with Crippen LogP contribution < -0.4 is 10.2 Å². The summed E-state index contributed by atoms with van der Waals surface area (Å²) in [6.07, 6.45) is 6.42. The molecule has 3 rings (SSSR count). The number of amides is 1. The van der Waals surface area contributed by atoms with Crippen LogP contribution in [0.3, 0.4) is 0 Å². The van der Waals surface area contributed by atoms with Crippen molar-refractivity contribution in [3.63, 3.8) is 0 Å². The van der Waals surface area contributed by atoms with Crippen LogP contribution in [0.15, 0.2) is 35.5 Å². The molecule has 1 N–H and O–H groups in total. The monoisotopic (exact) mass is 304 g/mol. The van der Waals surface area contributed by atoms with E-state index in [1.165, 1.54) is 0 Å². The summed E-state index contributed by atoms with van der Waals surface area (Å²) in [6.45, 7) is 1.84. The fourth-order valence-corrected chi connectivity index (χ4v) is 2.97. The number of carbonyl (C=O) groups is 1. The second-order valence-electron chi connectivity index (χ2n) is 5.47. The summed E-state index contributed by atoms with van der Waals surface area (Å²) < 4.78 is 5.47. The normalized spacial score (nSPS) is 24.6. The maximum absolute atomic E-state index is 11.7. The average molecular weight is 305 g/mol. The Morgan fingerprint density at radius 3 is 3.14 bits per heavy atom. The van der Waals surface area contributed by atoms with Gasteiger partial charge in [-0.2, -0.15) is 5.10 Å². The standard InChI is InChI=1S/C16H17ClN2O2/c1-10-7-12(17)5-6-15(10)21-9-16(20)19-18-14-8-11-3-2-4-13(11)14/h2-3,5-7,11,13H,4,8-9H2,1H3,(H,19,20)/b18-14+/t11-,13-/m0/s1. The Morgan fingerprint density at radius 1 is 1.52 bits per heavy atom. The molecule has 1 saturated carbocycles. The summed E-state index contributed by atoms with van der Waals surface area (Å²) in [6, 6.07) is 5.30. The van der Waals surface area contributed by atoms with E-state index in [1.54, 1.807) is 18.2 Å². The maximum Gasteiger partial charge on any atom is 0.277 e. The maximum atomic E-state index is 11.7. The Morgan fingerprint density at radius 2 is 2.38 bits per heavy atom. The molecule has 0 spiro atoms. The Labute approximate surface area is 128 Å². The number of hydrogen-bond acceptors (Lipinski definition) is 3. The highest BCUT2D eigenvalue weighted by atomic mass is 35.5. The smallest absolute Gasteiger partial charge is 0.277 e. The van der Waals surface area contributed by atoms with Gasteiger partial charge in [0.2, 0.25) is 0 Å². The van der Waals surface area contributed by atoms with Crippen molar-refractivity contribution in [3.8, 4) is 5.75 Å². The van der Waals surface area contributed by atoms with Gasteiger partial charge in [0.15, 0.2) is 6.61 Å². The summed E-state index contributed by atoms with van der Waals surface area (Å²) in [7, 11) is 0. The summed E-state index contributed by atoms with van der Waals surface area (Å²) >= 11 is 5.87. The van der Waals surface area contributed by atoms with Gasteiger partial charge >= 0.3 is 0 Å². The molecule has 0 heterocycles. The first-order valence-electron chi connectivity index (χ1n) is 7.04. The molecule has 5 heteroatoms. The molecule has 110 valence electrons. The molecule has 21 heavy (non-hydrogen) atoms. The number of nitrogens with zero attached hydrogens (tertiary/aromatic N) is 1. The number of ether oxygens (including phenoxy) is 1. The lowest BCUT2D eigenvalue weighted by molar-refractivity contribution is -0.123. The van der Waals surface area contributed by atoms with Crippen LogP contribution >= 0.6 is 11.6 Å². The van der Waals surface area contributed by atoms with Gasteiger partial charge in [0.05, 0.1) is 0 Å². The van der Waals surface area contributed by atoms with E-state index in [-0.39, 0.29) is 12.5 Å². The van der Waals surface area contributed by atoms with Crippen molar-refractivity contribution in [1.29, 1.82) is 0 Å². The van der Waals surface area contributed by atoms with Crippen LogP contribution in [0.1, 0.15) is 18.4 Å². The summed E-state index contributed by atoms with van der Waals surface area (Å²) in [4.78, 5) is 11.7. The Kier molecular flexibility index (Phi) is 3.97. The fraction of sp³-hybridized carbons (Fsp3) is 0.375. The number of nitrogens with one attached hydrogen (secondary N) is 1. The SMILES string of the molecule is Cc1cc(Cl)ccc1OCC(=O)N/N=C1\C[C@@H]2C=CC[C@H]12. The highest BCUT2D eigenvalue weighted by molar-refractivity contribution is 6.30. The van der Waals surface area contributed by atoms with E-state index in [0.29, 0.717) is 22.6 Å². The van der Waals surface area contributed by atoms with Crippen molar-refractivity contribution >= 4 is 23.2 Å². The second kappa shape index (κ2) is 5.90. The number of hydrazone groups is 1. The van der Waals surface area contributed by atoms with Crippen LogP contribution in [0.5, 0.6) is 5.75 Å². The molecule has 0 radical (unpaired) electrons. The van der Waals surface area contributed by atoms with E-state index in [9.17, 15) is 4.79 Å². The zero-order valence-corrected chi connectivity index (χ0v) is 12.6. The van der Waals surface area contributed by atoms with E-state index < -0.39 is 0 Å². The van der Waals surface area contributed by atoms with E-state index in [1.807, 2.05) is 6.92 Å². The van der Waals surface area contributed by atoms with Crippen LogP contribution in [0.2, 0.25) is 5.02 Å². The number of allylic oxidation sites excluding steroid dienone is 2. The topological polar surface area (TPSA) is 50.7 Å². The molecule has 0 unspecified atom stereocenters. The molecule has 2 aliphatic carbocycles. The van der Waals surface area contributed by atoms with Crippen molar-refractivity contribution in [1.82, 2.24) is 5.43 Å². The number of carbonyl (C=O) groups excluding carboxylic acids is 1. The highest BCUT2D eigenvalue weighted by Crippen LogP contribution is 2.40. The lowest BCUT2D eigenvalue weighted by atomic mass is 9.74. The van der Waals surface area contributed by atoms with Gasteiger partial charge in [0.25, 0.3) is 5.91 Å². The number of aryl methyl sites for hydroxylation is 1. The van der Waals surface area contributed by atoms with Crippen molar-refractivity contribution in [2.75, 3.05) is 6.61 Å². The Bertz CT molecular complexity index is 625. The predicted molar refractivity (Wildman–Crippen MR) is 82.6 cm³/mol. The largest absolute Gasteiger partial charge is 0.483 e. The second-order valence-corrected chi connectivity index (χ2v) is 5.91.